The van der Waals surface area contributed by atoms with Gasteiger partial charge in [0.15, 0.2) is 0 Å². The first-order valence-corrected chi connectivity index (χ1v) is 10.2. The standard InChI is InChI=1S/C24H29NO2/c1-17(19-12-13-19)25(16-18-10-14-21(27-2)15-11-18)24(26)23-9-5-7-20-6-3-4-8-22(20)23/h3-4,6,8,10-11,14-15,17,19,23H,5,7,9,12-13,16H2,1-2H3. The normalized spacial score (nSPS) is 19.9. The Kier molecular flexibility index (Phi) is 5.20. The van der Waals surface area contributed by atoms with Crippen molar-refractivity contribution in [1.29, 1.82) is 0 Å². The van der Waals surface area contributed by atoms with Crippen molar-refractivity contribution in [3.8, 4) is 5.75 Å². The number of rotatable bonds is 6. The Morgan fingerprint density at radius 1 is 1.11 bits per heavy atom. The minimum atomic E-state index is 0.00870. The largest absolute Gasteiger partial charge is 0.497 e. The van der Waals surface area contributed by atoms with Crippen molar-refractivity contribution in [2.75, 3.05) is 7.11 Å². The predicted octanol–water partition coefficient (Wildman–Crippen LogP) is 4.94. The highest BCUT2D eigenvalue weighted by Crippen LogP contribution is 2.39. The molecule has 0 aliphatic heterocycles. The molecular weight excluding hydrogens is 334 g/mol. The summed E-state index contributed by atoms with van der Waals surface area (Å²) < 4.78 is 5.27. The molecule has 4 rings (SSSR count). The summed E-state index contributed by atoms with van der Waals surface area (Å²) in [7, 11) is 1.68. The summed E-state index contributed by atoms with van der Waals surface area (Å²) in [6, 6.07) is 16.9. The van der Waals surface area contributed by atoms with Gasteiger partial charge in [-0.1, -0.05) is 36.4 Å². The number of hydrogen-bond donors (Lipinski definition) is 0. The van der Waals surface area contributed by atoms with E-state index in [4.69, 9.17) is 4.74 Å². The average molecular weight is 364 g/mol. The maximum atomic E-state index is 13.7. The lowest BCUT2D eigenvalue weighted by Crippen LogP contribution is -2.42. The van der Waals surface area contributed by atoms with Gasteiger partial charge >= 0.3 is 0 Å². The van der Waals surface area contributed by atoms with Crippen LogP contribution in [0, 0.1) is 5.92 Å². The van der Waals surface area contributed by atoms with Gasteiger partial charge in [0.1, 0.15) is 5.75 Å². The van der Waals surface area contributed by atoms with Gasteiger partial charge in [0.25, 0.3) is 0 Å². The van der Waals surface area contributed by atoms with Gasteiger partial charge in [-0.3, -0.25) is 4.79 Å². The highest BCUT2D eigenvalue weighted by molar-refractivity contribution is 5.84. The first-order chi connectivity index (χ1) is 13.2. The van der Waals surface area contributed by atoms with E-state index in [1.54, 1.807) is 7.11 Å². The monoisotopic (exact) mass is 363 g/mol. The number of ether oxygens (including phenoxy) is 1. The average Bonchev–Trinajstić information content (AvgIpc) is 3.56. The Morgan fingerprint density at radius 2 is 1.85 bits per heavy atom. The van der Waals surface area contributed by atoms with E-state index in [2.05, 4.69) is 48.2 Å². The number of methoxy groups -OCH3 is 1. The van der Waals surface area contributed by atoms with E-state index in [1.165, 1.54) is 29.5 Å². The number of nitrogens with zero attached hydrogens (tertiary/aromatic N) is 1. The summed E-state index contributed by atoms with van der Waals surface area (Å²) in [5.74, 6) is 1.82. The predicted molar refractivity (Wildman–Crippen MR) is 108 cm³/mol. The van der Waals surface area contributed by atoms with Crippen LogP contribution in [0.3, 0.4) is 0 Å². The Bertz CT molecular complexity index is 794. The van der Waals surface area contributed by atoms with E-state index in [0.717, 1.165) is 25.0 Å². The van der Waals surface area contributed by atoms with E-state index >= 15 is 0 Å². The summed E-state index contributed by atoms with van der Waals surface area (Å²) in [5, 5.41) is 0. The number of carbonyl (C=O) groups excluding carboxylic acids is 1. The van der Waals surface area contributed by atoms with Crippen molar-refractivity contribution in [3.05, 3.63) is 65.2 Å². The van der Waals surface area contributed by atoms with Crippen LogP contribution in [-0.4, -0.2) is 24.0 Å². The maximum absolute atomic E-state index is 13.7. The molecule has 0 radical (unpaired) electrons. The van der Waals surface area contributed by atoms with E-state index in [0.29, 0.717) is 24.4 Å². The third kappa shape index (κ3) is 3.87. The van der Waals surface area contributed by atoms with E-state index < -0.39 is 0 Å². The van der Waals surface area contributed by atoms with E-state index in [-0.39, 0.29) is 5.92 Å². The van der Waals surface area contributed by atoms with Gasteiger partial charge in [-0.15, -0.1) is 0 Å². The van der Waals surface area contributed by atoms with Gasteiger partial charge in [0.05, 0.1) is 13.0 Å². The molecule has 0 N–H and O–H groups in total. The van der Waals surface area contributed by atoms with Crippen LogP contribution in [0.1, 0.15) is 55.2 Å². The molecule has 3 heteroatoms. The molecule has 27 heavy (non-hydrogen) atoms. The molecule has 1 saturated carbocycles. The number of benzene rings is 2. The van der Waals surface area contributed by atoms with Crippen LogP contribution in [0.4, 0.5) is 0 Å². The molecule has 2 aromatic carbocycles. The van der Waals surface area contributed by atoms with Crippen molar-refractivity contribution in [2.45, 2.75) is 57.5 Å². The molecule has 2 aliphatic carbocycles. The van der Waals surface area contributed by atoms with Crippen LogP contribution >= 0.6 is 0 Å². The molecular formula is C24H29NO2. The smallest absolute Gasteiger partial charge is 0.230 e. The molecule has 2 unspecified atom stereocenters. The second-order valence-electron chi connectivity index (χ2n) is 8.04. The summed E-state index contributed by atoms with van der Waals surface area (Å²) in [6.45, 7) is 2.91. The van der Waals surface area contributed by atoms with Crippen LogP contribution in [-0.2, 0) is 17.8 Å². The number of fused-ring (bicyclic) bond motifs is 1. The van der Waals surface area contributed by atoms with Gasteiger partial charge in [0.2, 0.25) is 5.91 Å². The van der Waals surface area contributed by atoms with Crippen LogP contribution < -0.4 is 4.74 Å². The van der Waals surface area contributed by atoms with Crippen molar-refractivity contribution in [1.82, 2.24) is 4.90 Å². The van der Waals surface area contributed by atoms with Crippen LogP contribution in [0.15, 0.2) is 48.5 Å². The van der Waals surface area contributed by atoms with Gasteiger partial charge in [-0.05, 0) is 73.8 Å². The SMILES string of the molecule is COc1ccc(CN(C(=O)C2CCCc3ccccc32)C(C)C2CC2)cc1. The molecule has 0 spiro atoms. The lowest BCUT2D eigenvalue weighted by molar-refractivity contribution is -0.136. The lowest BCUT2D eigenvalue weighted by atomic mass is 9.81. The maximum Gasteiger partial charge on any atom is 0.230 e. The molecule has 0 saturated heterocycles. The third-order valence-electron chi connectivity index (χ3n) is 6.26. The summed E-state index contributed by atoms with van der Waals surface area (Å²) >= 11 is 0. The molecule has 1 fully saturated rings. The molecule has 2 aliphatic rings. The van der Waals surface area contributed by atoms with Crippen LogP contribution in [0.5, 0.6) is 5.75 Å². The fraction of sp³-hybridized carbons (Fsp3) is 0.458. The molecule has 1 amide bonds. The topological polar surface area (TPSA) is 29.5 Å². The van der Waals surface area contributed by atoms with Crippen molar-refractivity contribution >= 4 is 5.91 Å². The second-order valence-corrected chi connectivity index (χ2v) is 8.04. The Balaban J connectivity index is 1.59. The van der Waals surface area contributed by atoms with Gasteiger partial charge in [-0.2, -0.15) is 0 Å². The molecule has 142 valence electrons. The van der Waals surface area contributed by atoms with Crippen molar-refractivity contribution in [2.24, 2.45) is 5.92 Å². The zero-order valence-corrected chi connectivity index (χ0v) is 16.4. The van der Waals surface area contributed by atoms with Gasteiger partial charge < -0.3 is 9.64 Å². The highest BCUT2D eigenvalue weighted by atomic mass is 16.5. The molecule has 0 heterocycles. The molecule has 0 bridgehead atoms. The minimum absolute atomic E-state index is 0.00870. The quantitative estimate of drug-likeness (QED) is 0.727. The second kappa shape index (κ2) is 7.75. The zero-order valence-electron chi connectivity index (χ0n) is 16.4. The van der Waals surface area contributed by atoms with Gasteiger partial charge in [0, 0.05) is 12.6 Å². The fourth-order valence-corrected chi connectivity index (χ4v) is 4.39. The summed E-state index contributed by atoms with van der Waals surface area (Å²) in [6.07, 6.45) is 5.65. The van der Waals surface area contributed by atoms with Crippen molar-refractivity contribution in [3.63, 3.8) is 0 Å². The Labute approximate surface area is 162 Å². The first kappa shape index (κ1) is 18.1. The molecule has 2 aromatic rings. The number of carbonyl (C=O) groups is 1. The minimum Gasteiger partial charge on any atom is -0.497 e. The highest BCUT2D eigenvalue weighted by Gasteiger charge is 2.38. The Morgan fingerprint density at radius 3 is 2.56 bits per heavy atom. The van der Waals surface area contributed by atoms with Crippen LogP contribution in [0.25, 0.3) is 0 Å². The number of hydrogen-bond acceptors (Lipinski definition) is 2. The Hall–Kier alpha value is -2.29. The summed E-state index contributed by atoms with van der Waals surface area (Å²) in [4.78, 5) is 15.8. The number of aryl methyl sites for hydroxylation is 1. The van der Waals surface area contributed by atoms with Gasteiger partial charge in [-0.25, -0.2) is 0 Å². The molecule has 3 nitrogen and oxygen atoms in total. The van der Waals surface area contributed by atoms with Crippen LogP contribution in [0.2, 0.25) is 0 Å². The fourth-order valence-electron chi connectivity index (χ4n) is 4.39. The van der Waals surface area contributed by atoms with E-state index in [9.17, 15) is 4.79 Å². The number of amides is 1. The molecule has 2 atom stereocenters. The molecule has 0 aromatic heterocycles. The third-order valence-corrected chi connectivity index (χ3v) is 6.26. The van der Waals surface area contributed by atoms with E-state index in [1.807, 2.05) is 12.1 Å². The first-order valence-electron chi connectivity index (χ1n) is 10.2. The zero-order chi connectivity index (χ0) is 18.8. The summed E-state index contributed by atoms with van der Waals surface area (Å²) in [5.41, 5.74) is 3.77. The van der Waals surface area contributed by atoms with Crippen molar-refractivity contribution < 1.29 is 9.53 Å². The lowest BCUT2D eigenvalue weighted by Gasteiger charge is -2.35.